The summed E-state index contributed by atoms with van der Waals surface area (Å²) in [7, 11) is 4.71. The minimum atomic E-state index is -0.560. The van der Waals surface area contributed by atoms with Crippen LogP contribution < -0.4 is 30.7 Å². The topological polar surface area (TPSA) is 147 Å². The van der Waals surface area contributed by atoms with Gasteiger partial charge in [0.2, 0.25) is 0 Å². The molecule has 3 heterocycles. The van der Waals surface area contributed by atoms with Crippen LogP contribution in [0.15, 0.2) is 40.1 Å². The van der Waals surface area contributed by atoms with Gasteiger partial charge in [-0.15, -0.1) is 0 Å². The molecule has 0 saturated carbocycles. The zero-order valence-corrected chi connectivity index (χ0v) is 25.1. The Labute approximate surface area is 248 Å². The molecule has 13 nitrogen and oxygen atoms in total. The summed E-state index contributed by atoms with van der Waals surface area (Å²) < 4.78 is 21.3. The van der Waals surface area contributed by atoms with Gasteiger partial charge in [-0.3, -0.25) is 13.9 Å². The van der Waals surface area contributed by atoms with Crippen LogP contribution in [0.5, 0.6) is 23.1 Å². The third kappa shape index (κ3) is 5.57. The molecule has 0 spiro atoms. The lowest BCUT2D eigenvalue weighted by molar-refractivity contribution is 0.0939. The fraction of sp³-hybridized carbons (Fsp3) is 0.367. The van der Waals surface area contributed by atoms with E-state index < -0.39 is 11.8 Å². The SMILES string of the molecule is CCOc1cc2c(cc1OC)-c1c/c(=N\c3c(C)cc(OC)cc3C)n(CCNC(=O)c3c(O)nnn3C)c(=O)n1CC2. The number of benzene rings is 2. The standard InChI is InChI=1S/C30H35N7O6/c1-7-43-24-14-19-8-10-36-22(21(19)15-23(24)42-6)16-25(32-26-17(2)12-20(41-5)13-18(26)3)37(30(36)40)11-9-31-28(38)27-29(39)33-34-35(27)4/h12-16,39H,7-11H2,1-6H3,(H,31,38)/b32-25+. The molecule has 226 valence electrons. The average Bonchev–Trinajstić information content (AvgIpc) is 3.33. The highest BCUT2D eigenvalue weighted by Crippen LogP contribution is 2.38. The number of methoxy groups -OCH3 is 2. The van der Waals surface area contributed by atoms with E-state index >= 15 is 0 Å². The summed E-state index contributed by atoms with van der Waals surface area (Å²) in [6.07, 6.45) is 0.628. The summed E-state index contributed by atoms with van der Waals surface area (Å²) in [6.45, 7) is 6.98. The van der Waals surface area contributed by atoms with Crippen LogP contribution in [0.1, 0.15) is 34.1 Å². The Bertz CT molecular complexity index is 1790. The maximum Gasteiger partial charge on any atom is 0.330 e. The lowest BCUT2D eigenvalue weighted by Crippen LogP contribution is -2.44. The molecule has 43 heavy (non-hydrogen) atoms. The second kappa shape index (κ2) is 12.0. The quantitative estimate of drug-likeness (QED) is 0.303. The highest BCUT2D eigenvalue weighted by Gasteiger charge is 2.23. The molecular weight excluding hydrogens is 554 g/mol. The molecule has 13 heteroatoms. The predicted octanol–water partition coefficient (Wildman–Crippen LogP) is 2.40. The normalized spacial score (nSPS) is 12.5. The van der Waals surface area contributed by atoms with Gasteiger partial charge in [-0.1, -0.05) is 10.3 Å². The number of amides is 1. The van der Waals surface area contributed by atoms with Crippen molar-refractivity contribution in [3.05, 3.63) is 68.7 Å². The first-order valence-electron chi connectivity index (χ1n) is 13.9. The molecule has 1 amide bonds. The molecule has 2 aromatic heterocycles. The predicted molar refractivity (Wildman–Crippen MR) is 158 cm³/mol. The highest BCUT2D eigenvalue weighted by molar-refractivity contribution is 5.94. The molecule has 0 radical (unpaired) electrons. The first-order chi connectivity index (χ1) is 20.7. The first kappa shape index (κ1) is 29.4. The van der Waals surface area contributed by atoms with Gasteiger partial charge in [0.1, 0.15) is 11.2 Å². The van der Waals surface area contributed by atoms with Crippen LogP contribution in [0.2, 0.25) is 0 Å². The van der Waals surface area contributed by atoms with E-state index in [2.05, 4.69) is 15.6 Å². The van der Waals surface area contributed by atoms with Crippen LogP contribution in [-0.2, 0) is 26.6 Å². The molecule has 2 aromatic carbocycles. The van der Waals surface area contributed by atoms with Gasteiger partial charge in [0.25, 0.3) is 11.8 Å². The Hall–Kier alpha value is -5.07. The lowest BCUT2D eigenvalue weighted by atomic mass is 9.97. The van der Waals surface area contributed by atoms with Gasteiger partial charge < -0.3 is 24.6 Å². The summed E-state index contributed by atoms with van der Waals surface area (Å²) >= 11 is 0. The van der Waals surface area contributed by atoms with Crippen LogP contribution in [0, 0.1) is 13.8 Å². The van der Waals surface area contributed by atoms with Crippen molar-refractivity contribution in [2.45, 2.75) is 40.3 Å². The number of fused-ring (bicyclic) bond motifs is 3. The molecule has 2 N–H and O–H groups in total. The van der Waals surface area contributed by atoms with Crippen LogP contribution in [0.3, 0.4) is 0 Å². The molecule has 0 unspecified atom stereocenters. The number of hydrogen-bond donors (Lipinski definition) is 2. The first-order valence-corrected chi connectivity index (χ1v) is 13.9. The van der Waals surface area contributed by atoms with E-state index in [-0.39, 0.29) is 24.5 Å². The zero-order valence-electron chi connectivity index (χ0n) is 25.1. The van der Waals surface area contributed by atoms with E-state index in [1.165, 1.54) is 11.7 Å². The third-order valence-electron chi connectivity index (χ3n) is 7.44. The maximum atomic E-state index is 14.1. The van der Waals surface area contributed by atoms with Gasteiger partial charge in [0.05, 0.1) is 32.2 Å². The highest BCUT2D eigenvalue weighted by atomic mass is 16.5. The number of ether oxygens (including phenoxy) is 3. The van der Waals surface area contributed by atoms with Gasteiger partial charge >= 0.3 is 5.69 Å². The van der Waals surface area contributed by atoms with Crippen LogP contribution >= 0.6 is 0 Å². The van der Waals surface area contributed by atoms with Crippen molar-refractivity contribution in [3.63, 3.8) is 0 Å². The summed E-state index contributed by atoms with van der Waals surface area (Å²) in [4.78, 5) is 31.8. The Morgan fingerprint density at radius 3 is 2.47 bits per heavy atom. The van der Waals surface area contributed by atoms with Gasteiger partial charge in [0.15, 0.2) is 17.2 Å². The molecule has 5 rings (SSSR count). The third-order valence-corrected chi connectivity index (χ3v) is 7.44. The maximum absolute atomic E-state index is 14.1. The Morgan fingerprint density at radius 2 is 1.84 bits per heavy atom. The van der Waals surface area contributed by atoms with Crippen molar-refractivity contribution in [1.82, 2.24) is 29.4 Å². The summed E-state index contributed by atoms with van der Waals surface area (Å²) in [6, 6.07) is 9.55. The molecule has 1 aliphatic heterocycles. The van der Waals surface area contributed by atoms with Crippen LogP contribution in [0.25, 0.3) is 11.3 Å². The number of carbonyl (C=O) groups is 1. The number of aromatic hydroxyl groups is 1. The number of hydrogen-bond acceptors (Lipinski definition) is 9. The van der Waals surface area contributed by atoms with Crippen molar-refractivity contribution >= 4 is 11.6 Å². The molecule has 0 saturated heterocycles. The molecular formula is C30H35N7O6. The fourth-order valence-corrected chi connectivity index (χ4v) is 5.36. The zero-order chi connectivity index (χ0) is 30.8. The minimum absolute atomic E-state index is 0.0708. The summed E-state index contributed by atoms with van der Waals surface area (Å²) in [5, 5.41) is 19.8. The number of rotatable bonds is 9. The fourth-order valence-electron chi connectivity index (χ4n) is 5.36. The largest absolute Gasteiger partial charge is 0.497 e. The van der Waals surface area contributed by atoms with Gasteiger partial charge in [0, 0.05) is 38.3 Å². The van der Waals surface area contributed by atoms with Crippen molar-refractivity contribution < 1.29 is 24.1 Å². The van der Waals surface area contributed by atoms with E-state index in [0.717, 1.165) is 22.3 Å². The van der Waals surface area contributed by atoms with Crippen molar-refractivity contribution in [2.24, 2.45) is 12.0 Å². The van der Waals surface area contributed by atoms with E-state index in [9.17, 15) is 14.7 Å². The number of nitrogens with one attached hydrogen (secondary N) is 1. The molecule has 1 aliphatic rings. The average molecular weight is 590 g/mol. The number of aromatic nitrogens is 5. The number of nitrogens with zero attached hydrogens (tertiary/aromatic N) is 6. The van der Waals surface area contributed by atoms with Crippen LogP contribution in [-0.4, -0.2) is 62.5 Å². The smallest absolute Gasteiger partial charge is 0.330 e. The van der Waals surface area contributed by atoms with E-state index in [1.807, 2.05) is 51.1 Å². The number of carbonyl (C=O) groups excluding carboxylic acids is 1. The summed E-state index contributed by atoms with van der Waals surface area (Å²) in [5.74, 6) is 0.924. The minimum Gasteiger partial charge on any atom is -0.497 e. The lowest BCUT2D eigenvalue weighted by Gasteiger charge is -2.25. The van der Waals surface area contributed by atoms with Crippen molar-refractivity contribution in [1.29, 1.82) is 0 Å². The van der Waals surface area contributed by atoms with E-state index in [1.54, 1.807) is 23.4 Å². The van der Waals surface area contributed by atoms with Gasteiger partial charge in [-0.2, -0.15) is 0 Å². The molecule has 0 atom stereocenters. The number of aryl methyl sites for hydroxylation is 4. The van der Waals surface area contributed by atoms with Gasteiger partial charge in [-0.25, -0.2) is 14.5 Å². The summed E-state index contributed by atoms with van der Waals surface area (Å²) in [5.41, 5.74) is 5.19. The second-order valence-electron chi connectivity index (χ2n) is 10.2. The Balaban J connectivity index is 1.63. The van der Waals surface area contributed by atoms with Crippen molar-refractivity contribution in [3.8, 4) is 34.4 Å². The Morgan fingerprint density at radius 1 is 1.09 bits per heavy atom. The van der Waals surface area contributed by atoms with Crippen LogP contribution in [0.4, 0.5) is 5.69 Å². The second-order valence-corrected chi connectivity index (χ2v) is 10.2. The molecule has 4 aromatic rings. The Kier molecular flexibility index (Phi) is 8.24. The molecule has 0 aliphatic carbocycles. The molecule has 0 bridgehead atoms. The van der Waals surface area contributed by atoms with E-state index in [4.69, 9.17) is 19.2 Å². The van der Waals surface area contributed by atoms with Gasteiger partial charge in [-0.05, 0) is 68.1 Å². The monoisotopic (exact) mass is 589 g/mol. The van der Waals surface area contributed by atoms with Crippen molar-refractivity contribution in [2.75, 3.05) is 27.4 Å². The van der Waals surface area contributed by atoms with E-state index in [0.29, 0.717) is 53.7 Å². The molecule has 0 fully saturated rings.